The average Bonchev–Trinajstić information content (AvgIpc) is 3.17. The van der Waals surface area contributed by atoms with Crippen molar-refractivity contribution in [2.45, 2.75) is 25.9 Å². The lowest BCUT2D eigenvalue weighted by Crippen LogP contribution is -2.54. The minimum absolute atomic E-state index is 0.0676. The molecule has 5 heteroatoms. The summed E-state index contributed by atoms with van der Waals surface area (Å²) < 4.78 is 0. The fourth-order valence-corrected chi connectivity index (χ4v) is 3.75. The van der Waals surface area contributed by atoms with E-state index in [-0.39, 0.29) is 11.9 Å². The van der Waals surface area contributed by atoms with Crippen molar-refractivity contribution in [3.63, 3.8) is 0 Å². The Morgan fingerprint density at radius 1 is 1.04 bits per heavy atom. The van der Waals surface area contributed by atoms with Crippen LogP contribution in [0.4, 0.5) is 0 Å². The quantitative estimate of drug-likeness (QED) is 0.733. The molecule has 1 aliphatic heterocycles. The molecule has 2 heterocycles. The van der Waals surface area contributed by atoms with E-state index in [4.69, 9.17) is 0 Å². The van der Waals surface area contributed by atoms with E-state index in [0.29, 0.717) is 6.54 Å². The normalized spacial score (nSPS) is 17.7. The minimum atomic E-state index is -0.0676. The molecule has 0 bridgehead atoms. The lowest BCUT2D eigenvalue weighted by Gasteiger charge is -2.34. The first-order valence-electron chi connectivity index (χ1n) is 9.46. The molecule has 2 aromatic carbocycles. The van der Waals surface area contributed by atoms with Gasteiger partial charge in [0.05, 0.1) is 17.9 Å². The molecule has 0 spiro atoms. The smallest absolute Gasteiger partial charge is 0.237 e. The molecule has 1 atom stereocenters. The van der Waals surface area contributed by atoms with E-state index in [1.165, 1.54) is 11.1 Å². The summed E-state index contributed by atoms with van der Waals surface area (Å²) in [4.78, 5) is 14.4. The van der Waals surface area contributed by atoms with Gasteiger partial charge in [-0.2, -0.15) is 5.10 Å². The zero-order valence-electron chi connectivity index (χ0n) is 15.5. The highest BCUT2D eigenvalue weighted by molar-refractivity contribution is 5.82. The van der Waals surface area contributed by atoms with Crippen LogP contribution < -0.4 is 5.32 Å². The van der Waals surface area contributed by atoms with Crippen molar-refractivity contribution in [1.82, 2.24) is 20.4 Å². The molecule has 3 aromatic rings. The summed E-state index contributed by atoms with van der Waals surface area (Å²) in [6.45, 7) is 4.34. The molecule has 27 heavy (non-hydrogen) atoms. The molecule has 0 radical (unpaired) electrons. The first-order chi connectivity index (χ1) is 13.3. The second kappa shape index (κ2) is 7.76. The van der Waals surface area contributed by atoms with Crippen LogP contribution in [0.3, 0.4) is 0 Å². The van der Waals surface area contributed by atoms with Crippen LogP contribution in [0.25, 0.3) is 22.4 Å². The molecule has 1 fully saturated rings. The number of nitrogens with one attached hydrogen (secondary N) is 2. The van der Waals surface area contributed by atoms with E-state index in [1.54, 1.807) is 0 Å². The van der Waals surface area contributed by atoms with Crippen molar-refractivity contribution in [3.8, 4) is 22.4 Å². The predicted octanol–water partition coefficient (Wildman–Crippen LogP) is 3.45. The van der Waals surface area contributed by atoms with Crippen LogP contribution in [-0.4, -0.2) is 40.1 Å². The fourth-order valence-electron chi connectivity index (χ4n) is 3.75. The number of aromatic nitrogens is 2. The van der Waals surface area contributed by atoms with E-state index in [0.717, 1.165) is 36.3 Å². The van der Waals surface area contributed by atoms with E-state index < -0.39 is 0 Å². The van der Waals surface area contributed by atoms with E-state index in [2.05, 4.69) is 75.9 Å². The van der Waals surface area contributed by atoms with Crippen LogP contribution in [0.1, 0.15) is 18.9 Å². The van der Waals surface area contributed by atoms with Crippen molar-refractivity contribution in [3.05, 3.63) is 66.4 Å². The first kappa shape index (κ1) is 17.5. The Hall–Kier alpha value is -2.92. The van der Waals surface area contributed by atoms with Gasteiger partial charge in [-0.3, -0.25) is 14.8 Å². The van der Waals surface area contributed by atoms with Gasteiger partial charge in [-0.05, 0) is 23.1 Å². The Kier molecular flexibility index (Phi) is 5.03. The molecule has 1 saturated heterocycles. The Labute approximate surface area is 159 Å². The van der Waals surface area contributed by atoms with Gasteiger partial charge >= 0.3 is 0 Å². The van der Waals surface area contributed by atoms with E-state index >= 15 is 0 Å². The van der Waals surface area contributed by atoms with Gasteiger partial charge < -0.3 is 5.32 Å². The number of nitrogens with zero attached hydrogens (tertiary/aromatic N) is 2. The van der Waals surface area contributed by atoms with Gasteiger partial charge in [-0.15, -0.1) is 0 Å². The van der Waals surface area contributed by atoms with Gasteiger partial charge in [-0.25, -0.2) is 0 Å². The van der Waals surface area contributed by atoms with Gasteiger partial charge in [0.15, 0.2) is 0 Å². The highest BCUT2D eigenvalue weighted by atomic mass is 16.2. The maximum atomic E-state index is 12.1. The highest BCUT2D eigenvalue weighted by Gasteiger charge is 2.28. The Balaban J connectivity index is 1.56. The number of hydrogen-bond acceptors (Lipinski definition) is 3. The third-order valence-corrected chi connectivity index (χ3v) is 5.20. The summed E-state index contributed by atoms with van der Waals surface area (Å²) in [5.41, 5.74) is 5.65. The lowest BCUT2D eigenvalue weighted by molar-refractivity contribution is -0.129. The molecule has 1 aliphatic rings. The minimum Gasteiger partial charge on any atom is -0.353 e. The first-order valence-corrected chi connectivity index (χ1v) is 9.46. The van der Waals surface area contributed by atoms with E-state index in [9.17, 15) is 4.79 Å². The SMILES string of the molecule is CC[C@@H]1C(=O)NCCN1Cc1cn[nH]c1-c1ccc(-c2ccccc2)cc1. The monoisotopic (exact) mass is 360 g/mol. The van der Waals surface area contributed by atoms with Gasteiger partial charge in [0.2, 0.25) is 5.91 Å². The van der Waals surface area contributed by atoms with E-state index in [1.807, 2.05) is 12.3 Å². The highest BCUT2D eigenvalue weighted by Crippen LogP contribution is 2.27. The predicted molar refractivity (Wildman–Crippen MR) is 107 cm³/mol. The molecule has 2 N–H and O–H groups in total. The summed E-state index contributed by atoms with van der Waals surface area (Å²) in [7, 11) is 0. The number of aromatic amines is 1. The van der Waals surface area contributed by atoms with Crippen molar-refractivity contribution >= 4 is 5.91 Å². The van der Waals surface area contributed by atoms with Crippen LogP contribution in [0.5, 0.6) is 0 Å². The molecule has 0 unspecified atom stereocenters. The van der Waals surface area contributed by atoms with Crippen LogP contribution in [0.15, 0.2) is 60.8 Å². The second-order valence-electron chi connectivity index (χ2n) is 6.90. The standard InChI is InChI=1S/C22H24N4O/c1-2-20-22(27)23-12-13-26(20)15-19-14-24-25-21(19)18-10-8-17(9-11-18)16-6-4-3-5-7-16/h3-11,14,20H,2,12-13,15H2,1H3,(H,23,27)(H,24,25)/t20-/m1/s1. The van der Waals surface area contributed by atoms with Gasteiger partial charge in [0.25, 0.3) is 0 Å². The van der Waals surface area contributed by atoms with Crippen LogP contribution >= 0.6 is 0 Å². The van der Waals surface area contributed by atoms with Crippen molar-refractivity contribution in [2.75, 3.05) is 13.1 Å². The lowest BCUT2D eigenvalue weighted by atomic mass is 10.0. The maximum absolute atomic E-state index is 12.1. The molecule has 138 valence electrons. The van der Waals surface area contributed by atoms with Gasteiger partial charge in [0, 0.05) is 25.2 Å². The molecule has 4 rings (SSSR count). The van der Waals surface area contributed by atoms with Crippen LogP contribution in [-0.2, 0) is 11.3 Å². The molecule has 0 aliphatic carbocycles. The summed E-state index contributed by atoms with van der Waals surface area (Å²) in [6.07, 6.45) is 2.68. The third kappa shape index (κ3) is 3.64. The summed E-state index contributed by atoms with van der Waals surface area (Å²) in [5, 5.41) is 10.4. The summed E-state index contributed by atoms with van der Waals surface area (Å²) >= 11 is 0. The third-order valence-electron chi connectivity index (χ3n) is 5.20. The maximum Gasteiger partial charge on any atom is 0.237 e. The van der Waals surface area contributed by atoms with Gasteiger partial charge in [0.1, 0.15) is 0 Å². The summed E-state index contributed by atoms with van der Waals surface area (Å²) in [6, 6.07) is 18.8. The molecule has 0 saturated carbocycles. The van der Waals surface area contributed by atoms with Gasteiger partial charge in [-0.1, -0.05) is 61.5 Å². The number of amides is 1. The van der Waals surface area contributed by atoms with Crippen LogP contribution in [0, 0.1) is 0 Å². The molecular weight excluding hydrogens is 336 g/mol. The fraction of sp³-hybridized carbons (Fsp3) is 0.273. The Morgan fingerprint density at radius 3 is 2.48 bits per heavy atom. The number of hydrogen-bond donors (Lipinski definition) is 2. The molecule has 1 aromatic heterocycles. The molecule has 5 nitrogen and oxygen atoms in total. The van der Waals surface area contributed by atoms with Crippen molar-refractivity contribution in [2.24, 2.45) is 0 Å². The Bertz CT molecular complexity index is 902. The number of rotatable bonds is 5. The summed E-state index contributed by atoms with van der Waals surface area (Å²) in [5.74, 6) is 0.126. The number of H-pyrrole nitrogens is 1. The van der Waals surface area contributed by atoms with Crippen molar-refractivity contribution in [1.29, 1.82) is 0 Å². The Morgan fingerprint density at radius 2 is 1.74 bits per heavy atom. The molecule has 1 amide bonds. The largest absolute Gasteiger partial charge is 0.353 e. The number of carbonyl (C=O) groups excluding carboxylic acids is 1. The second-order valence-corrected chi connectivity index (χ2v) is 6.90. The number of carbonyl (C=O) groups is 1. The topological polar surface area (TPSA) is 61.0 Å². The number of piperazine rings is 1. The average molecular weight is 360 g/mol. The molecular formula is C22H24N4O. The van der Waals surface area contributed by atoms with Crippen LogP contribution in [0.2, 0.25) is 0 Å². The zero-order chi connectivity index (χ0) is 18.6. The van der Waals surface area contributed by atoms with Crippen molar-refractivity contribution < 1.29 is 4.79 Å². The number of benzene rings is 2. The zero-order valence-corrected chi connectivity index (χ0v) is 15.5.